The molecule has 1 aromatic heterocycles. The van der Waals surface area contributed by atoms with Crippen molar-refractivity contribution in [2.75, 3.05) is 6.61 Å². The van der Waals surface area contributed by atoms with Crippen LogP contribution >= 0.6 is 11.8 Å². The average molecular weight is 306 g/mol. The highest BCUT2D eigenvalue weighted by Crippen LogP contribution is 2.37. The number of alkyl halides is 3. The predicted octanol–water partition coefficient (Wildman–Crippen LogP) is 2.82. The van der Waals surface area contributed by atoms with Gasteiger partial charge in [0.1, 0.15) is 0 Å². The maximum atomic E-state index is 12.4. The highest BCUT2D eigenvalue weighted by atomic mass is 32.2. The standard InChI is InChI=1S/C13H17F3N2OS/c14-13(15,16)9-3-4-11(18-7-9)20-10-2-1-5-12(17,6-10)8-19/h3-4,7,10,19H,1-2,5-6,8,17H2. The van der Waals surface area contributed by atoms with E-state index < -0.39 is 17.3 Å². The molecule has 0 aliphatic heterocycles. The summed E-state index contributed by atoms with van der Waals surface area (Å²) in [5, 5.41) is 10.0. The largest absolute Gasteiger partial charge is 0.417 e. The quantitative estimate of drug-likeness (QED) is 0.901. The molecule has 2 atom stereocenters. The molecule has 0 saturated heterocycles. The summed E-state index contributed by atoms with van der Waals surface area (Å²) >= 11 is 1.43. The molecule has 20 heavy (non-hydrogen) atoms. The summed E-state index contributed by atoms with van der Waals surface area (Å²) in [6, 6.07) is 2.43. The SMILES string of the molecule is NC1(CO)CCCC(Sc2ccc(C(F)(F)F)cn2)C1. The van der Waals surface area contributed by atoms with Crippen LogP contribution in [0.25, 0.3) is 0 Å². The Hall–Kier alpha value is -0.790. The third-order valence-corrected chi connectivity index (χ3v) is 4.72. The summed E-state index contributed by atoms with van der Waals surface area (Å²) in [6.07, 6.45) is -0.225. The first-order chi connectivity index (χ1) is 9.32. The van der Waals surface area contributed by atoms with Gasteiger partial charge in [-0.15, -0.1) is 11.8 Å². The minimum atomic E-state index is -4.36. The number of hydrogen-bond acceptors (Lipinski definition) is 4. The highest BCUT2D eigenvalue weighted by Gasteiger charge is 2.33. The summed E-state index contributed by atoms with van der Waals surface area (Å²) < 4.78 is 37.3. The molecule has 2 unspecified atom stereocenters. The van der Waals surface area contributed by atoms with Crippen LogP contribution in [0.15, 0.2) is 23.4 Å². The number of hydrogen-bond donors (Lipinski definition) is 2. The summed E-state index contributed by atoms with van der Waals surface area (Å²) in [7, 11) is 0. The van der Waals surface area contributed by atoms with Crippen LogP contribution in [0.3, 0.4) is 0 Å². The molecule has 0 spiro atoms. The fourth-order valence-electron chi connectivity index (χ4n) is 2.37. The van der Waals surface area contributed by atoms with Gasteiger partial charge < -0.3 is 10.8 Å². The van der Waals surface area contributed by atoms with Crippen molar-refractivity contribution in [3.63, 3.8) is 0 Å². The molecule has 0 radical (unpaired) electrons. The number of nitrogens with two attached hydrogens (primary N) is 1. The Balaban J connectivity index is 2.00. The van der Waals surface area contributed by atoms with Crippen molar-refractivity contribution < 1.29 is 18.3 Å². The van der Waals surface area contributed by atoms with E-state index in [0.29, 0.717) is 11.4 Å². The van der Waals surface area contributed by atoms with Gasteiger partial charge in [-0.05, 0) is 31.4 Å². The van der Waals surface area contributed by atoms with Crippen LogP contribution in [-0.4, -0.2) is 27.5 Å². The fraction of sp³-hybridized carbons (Fsp3) is 0.615. The van der Waals surface area contributed by atoms with Crippen molar-refractivity contribution in [1.82, 2.24) is 4.98 Å². The monoisotopic (exact) mass is 306 g/mol. The third-order valence-electron chi connectivity index (χ3n) is 3.50. The minimum absolute atomic E-state index is 0.0650. The summed E-state index contributed by atoms with van der Waals surface area (Å²) in [5.74, 6) is 0. The number of thioether (sulfide) groups is 1. The lowest BCUT2D eigenvalue weighted by atomic mass is 9.83. The van der Waals surface area contributed by atoms with Gasteiger partial charge in [-0.3, -0.25) is 0 Å². The zero-order valence-corrected chi connectivity index (χ0v) is 11.7. The van der Waals surface area contributed by atoms with E-state index >= 15 is 0 Å². The van der Waals surface area contributed by atoms with Crippen LogP contribution in [0.5, 0.6) is 0 Å². The molecule has 1 heterocycles. The van der Waals surface area contributed by atoms with E-state index in [0.717, 1.165) is 31.5 Å². The van der Waals surface area contributed by atoms with Gasteiger partial charge in [-0.1, -0.05) is 6.42 Å². The van der Waals surface area contributed by atoms with E-state index in [1.165, 1.54) is 17.8 Å². The second kappa shape index (κ2) is 5.91. The molecular weight excluding hydrogens is 289 g/mol. The molecule has 2 rings (SSSR count). The molecule has 3 nitrogen and oxygen atoms in total. The molecule has 0 bridgehead atoms. The Bertz CT molecular complexity index is 452. The first kappa shape index (κ1) is 15.6. The molecule has 7 heteroatoms. The third kappa shape index (κ3) is 3.86. The Morgan fingerprint density at radius 2 is 2.20 bits per heavy atom. The van der Waals surface area contributed by atoms with E-state index in [9.17, 15) is 18.3 Å². The van der Waals surface area contributed by atoms with Crippen LogP contribution in [0.1, 0.15) is 31.2 Å². The topological polar surface area (TPSA) is 59.1 Å². The summed E-state index contributed by atoms with van der Waals surface area (Å²) in [5.41, 5.74) is 4.74. The molecule has 1 fully saturated rings. The van der Waals surface area contributed by atoms with Crippen LogP contribution < -0.4 is 5.73 Å². The molecule has 1 aliphatic carbocycles. The molecule has 0 amide bonds. The van der Waals surface area contributed by atoms with Crippen molar-refractivity contribution in [2.24, 2.45) is 5.73 Å². The second-order valence-electron chi connectivity index (χ2n) is 5.24. The van der Waals surface area contributed by atoms with E-state index in [1.807, 2.05) is 0 Å². The van der Waals surface area contributed by atoms with Crippen molar-refractivity contribution >= 4 is 11.8 Å². The number of pyridine rings is 1. The number of aromatic nitrogens is 1. The molecule has 1 saturated carbocycles. The lowest BCUT2D eigenvalue weighted by molar-refractivity contribution is -0.137. The van der Waals surface area contributed by atoms with Crippen molar-refractivity contribution in [1.29, 1.82) is 0 Å². The van der Waals surface area contributed by atoms with Crippen LogP contribution in [-0.2, 0) is 6.18 Å². The van der Waals surface area contributed by atoms with Gasteiger partial charge in [0.25, 0.3) is 0 Å². The average Bonchev–Trinajstić information content (AvgIpc) is 2.38. The fourth-order valence-corrected chi connectivity index (χ4v) is 3.67. The highest BCUT2D eigenvalue weighted by molar-refractivity contribution is 7.99. The van der Waals surface area contributed by atoms with Crippen molar-refractivity contribution in [3.05, 3.63) is 23.9 Å². The number of aliphatic hydroxyl groups excluding tert-OH is 1. The summed E-state index contributed by atoms with van der Waals surface area (Å²) in [4.78, 5) is 3.85. The van der Waals surface area contributed by atoms with Gasteiger partial charge in [-0.25, -0.2) is 4.98 Å². The number of rotatable bonds is 3. The number of halogens is 3. The number of nitrogens with zero attached hydrogens (tertiary/aromatic N) is 1. The maximum absolute atomic E-state index is 12.4. The normalized spacial score (nSPS) is 27.6. The smallest absolute Gasteiger partial charge is 0.394 e. The number of aliphatic hydroxyl groups is 1. The van der Waals surface area contributed by atoms with E-state index in [1.54, 1.807) is 0 Å². The zero-order valence-electron chi connectivity index (χ0n) is 10.9. The van der Waals surface area contributed by atoms with Gasteiger partial charge in [0.2, 0.25) is 0 Å². The minimum Gasteiger partial charge on any atom is -0.394 e. The summed E-state index contributed by atoms with van der Waals surface area (Å²) in [6.45, 7) is -0.0650. The Morgan fingerprint density at radius 3 is 2.75 bits per heavy atom. The molecule has 1 aliphatic rings. The molecular formula is C13H17F3N2OS. The lowest BCUT2D eigenvalue weighted by Crippen LogP contribution is -2.48. The van der Waals surface area contributed by atoms with Crippen LogP contribution in [0, 0.1) is 0 Å². The predicted molar refractivity (Wildman–Crippen MR) is 71.4 cm³/mol. The van der Waals surface area contributed by atoms with Crippen LogP contribution in [0.2, 0.25) is 0 Å². The first-order valence-electron chi connectivity index (χ1n) is 6.42. The van der Waals surface area contributed by atoms with E-state index in [4.69, 9.17) is 5.73 Å². The van der Waals surface area contributed by atoms with Crippen molar-refractivity contribution in [2.45, 2.75) is 47.7 Å². The Labute approximate surface area is 119 Å². The molecule has 3 N–H and O–H groups in total. The van der Waals surface area contributed by atoms with Gasteiger partial charge in [0.05, 0.1) is 17.2 Å². The van der Waals surface area contributed by atoms with Gasteiger partial charge in [-0.2, -0.15) is 13.2 Å². The van der Waals surface area contributed by atoms with Gasteiger partial charge in [0.15, 0.2) is 0 Å². The lowest BCUT2D eigenvalue weighted by Gasteiger charge is -2.36. The Kier molecular flexibility index (Phi) is 4.61. The molecule has 0 aromatic carbocycles. The van der Waals surface area contributed by atoms with E-state index in [-0.39, 0.29) is 11.9 Å². The molecule has 112 valence electrons. The van der Waals surface area contributed by atoms with Crippen LogP contribution in [0.4, 0.5) is 13.2 Å². The zero-order chi connectivity index (χ0) is 14.8. The van der Waals surface area contributed by atoms with E-state index in [2.05, 4.69) is 4.98 Å². The first-order valence-corrected chi connectivity index (χ1v) is 7.30. The Morgan fingerprint density at radius 1 is 1.45 bits per heavy atom. The van der Waals surface area contributed by atoms with Gasteiger partial charge >= 0.3 is 6.18 Å². The maximum Gasteiger partial charge on any atom is 0.417 e. The second-order valence-corrected chi connectivity index (χ2v) is 6.56. The van der Waals surface area contributed by atoms with Crippen molar-refractivity contribution in [3.8, 4) is 0 Å². The van der Waals surface area contributed by atoms with Gasteiger partial charge in [0, 0.05) is 17.0 Å². The molecule has 1 aromatic rings.